The fourth-order valence-corrected chi connectivity index (χ4v) is 5.26. The normalized spacial score (nSPS) is 17.0. The van der Waals surface area contributed by atoms with Crippen molar-refractivity contribution in [3.8, 4) is 0 Å². The monoisotopic (exact) mass is 468 g/mol. The van der Waals surface area contributed by atoms with Gasteiger partial charge in [-0.15, -0.1) is 0 Å². The van der Waals surface area contributed by atoms with Gasteiger partial charge in [0.2, 0.25) is 15.9 Å². The van der Waals surface area contributed by atoms with Crippen molar-refractivity contribution in [3.63, 3.8) is 0 Å². The maximum Gasteiger partial charge on any atom is 0.243 e. The van der Waals surface area contributed by atoms with Gasteiger partial charge in [0, 0.05) is 17.3 Å². The number of rotatable bonds is 6. The summed E-state index contributed by atoms with van der Waals surface area (Å²) in [4.78, 5) is 13.0. The Morgan fingerprint density at radius 3 is 2.19 bits per heavy atom. The third-order valence-corrected chi connectivity index (χ3v) is 7.27. The van der Waals surface area contributed by atoms with Crippen molar-refractivity contribution in [2.24, 2.45) is 10.2 Å². The van der Waals surface area contributed by atoms with E-state index in [1.807, 2.05) is 30.3 Å². The number of amides is 1. The van der Waals surface area contributed by atoms with Gasteiger partial charge in [0.05, 0.1) is 16.3 Å². The number of halogens is 1. The van der Waals surface area contributed by atoms with E-state index in [1.165, 1.54) is 28.6 Å². The lowest BCUT2D eigenvalue weighted by molar-refractivity contribution is -0.119. The van der Waals surface area contributed by atoms with Crippen LogP contribution in [0.5, 0.6) is 0 Å². The molecular weight excluding hydrogens is 448 g/mol. The molecule has 9 heteroatoms. The highest BCUT2D eigenvalue weighted by Crippen LogP contribution is 2.28. The van der Waals surface area contributed by atoms with Crippen molar-refractivity contribution in [2.75, 3.05) is 11.9 Å². The molecule has 0 saturated carbocycles. The maximum absolute atomic E-state index is 13.0. The molecule has 164 valence electrons. The van der Waals surface area contributed by atoms with Crippen molar-refractivity contribution in [1.29, 1.82) is 0 Å². The molecule has 1 amide bonds. The quantitative estimate of drug-likeness (QED) is 0.481. The van der Waals surface area contributed by atoms with Gasteiger partial charge in [0.1, 0.15) is 6.04 Å². The Bertz CT molecular complexity index is 1210. The molecular formula is C23H21ClN4O3S. The van der Waals surface area contributed by atoms with Crippen LogP contribution in [0.1, 0.15) is 12.8 Å². The highest BCUT2D eigenvalue weighted by molar-refractivity contribution is 7.89. The van der Waals surface area contributed by atoms with Crippen molar-refractivity contribution >= 4 is 44.6 Å². The van der Waals surface area contributed by atoms with E-state index in [4.69, 9.17) is 11.6 Å². The Hall–Kier alpha value is -3.07. The minimum atomic E-state index is -3.80. The van der Waals surface area contributed by atoms with Gasteiger partial charge < -0.3 is 5.32 Å². The van der Waals surface area contributed by atoms with Crippen LogP contribution >= 0.6 is 11.6 Å². The molecule has 7 nitrogen and oxygen atoms in total. The fraction of sp³-hybridized carbons (Fsp3) is 0.174. The van der Waals surface area contributed by atoms with Gasteiger partial charge in [-0.3, -0.25) is 4.79 Å². The second kappa shape index (κ2) is 9.60. The lowest BCUT2D eigenvalue weighted by Crippen LogP contribution is -2.43. The average molecular weight is 469 g/mol. The molecule has 0 aromatic heterocycles. The third kappa shape index (κ3) is 5.04. The van der Waals surface area contributed by atoms with Crippen molar-refractivity contribution in [1.82, 2.24) is 4.31 Å². The molecule has 3 aromatic carbocycles. The Morgan fingerprint density at radius 2 is 1.53 bits per heavy atom. The Kier molecular flexibility index (Phi) is 6.64. The van der Waals surface area contributed by atoms with E-state index in [0.29, 0.717) is 35.8 Å². The Balaban J connectivity index is 1.44. The van der Waals surface area contributed by atoms with Gasteiger partial charge in [-0.25, -0.2) is 8.42 Å². The summed E-state index contributed by atoms with van der Waals surface area (Å²) in [6.07, 6.45) is 1.08. The first-order chi connectivity index (χ1) is 15.4. The summed E-state index contributed by atoms with van der Waals surface area (Å²) in [6.45, 7) is 0.294. The molecule has 1 saturated heterocycles. The molecule has 0 spiro atoms. The molecule has 0 bridgehead atoms. The number of carbonyl (C=O) groups excluding carboxylic acids is 1. The summed E-state index contributed by atoms with van der Waals surface area (Å²) in [7, 11) is -3.80. The number of carbonyl (C=O) groups is 1. The zero-order valence-electron chi connectivity index (χ0n) is 17.1. The number of hydrogen-bond donors (Lipinski definition) is 1. The van der Waals surface area contributed by atoms with Crippen molar-refractivity contribution in [3.05, 3.63) is 83.9 Å². The van der Waals surface area contributed by atoms with E-state index in [2.05, 4.69) is 15.5 Å². The first kappa shape index (κ1) is 22.1. The second-order valence-corrected chi connectivity index (χ2v) is 9.63. The molecule has 4 rings (SSSR count). The smallest absolute Gasteiger partial charge is 0.243 e. The first-order valence-electron chi connectivity index (χ1n) is 10.1. The molecule has 1 atom stereocenters. The fourth-order valence-electron chi connectivity index (χ4n) is 3.48. The molecule has 1 aliphatic rings. The third-order valence-electron chi connectivity index (χ3n) is 5.10. The highest BCUT2D eigenvalue weighted by Gasteiger charge is 2.39. The second-order valence-electron chi connectivity index (χ2n) is 7.30. The minimum absolute atomic E-state index is 0.120. The lowest BCUT2D eigenvalue weighted by Gasteiger charge is -2.23. The van der Waals surface area contributed by atoms with Gasteiger partial charge in [-0.1, -0.05) is 29.8 Å². The maximum atomic E-state index is 13.0. The van der Waals surface area contributed by atoms with Crippen LogP contribution in [0.2, 0.25) is 5.02 Å². The molecule has 1 fully saturated rings. The molecule has 1 heterocycles. The van der Waals surface area contributed by atoms with Crippen LogP contribution in [0.3, 0.4) is 0 Å². The first-order valence-corrected chi connectivity index (χ1v) is 11.9. The summed E-state index contributed by atoms with van der Waals surface area (Å²) in [5.74, 6) is -0.362. The molecule has 1 N–H and O–H groups in total. The summed E-state index contributed by atoms with van der Waals surface area (Å²) in [5.41, 5.74) is 1.94. The molecule has 1 aliphatic heterocycles. The Labute approximate surface area is 191 Å². The highest BCUT2D eigenvalue weighted by atomic mass is 35.5. The summed E-state index contributed by atoms with van der Waals surface area (Å²) >= 11 is 5.87. The minimum Gasteiger partial charge on any atom is -0.325 e. The predicted molar refractivity (Wildman–Crippen MR) is 124 cm³/mol. The van der Waals surface area contributed by atoms with E-state index in [1.54, 1.807) is 24.3 Å². The topological polar surface area (TPSA) is 91.2 Å². The SMILES string of the molecule is O=C(Nc1ccc(N=Nc2ccccc2)cc1)[C@@H]1CCCN1S(=O)(=O)c1ccc(Cl)cc1. The van der Waals surface area contributed by atoms with Gasteiger partial charge >= 0.3 is 0 Å². The summed E-state index contributed by atoms with van der Waals surface area (Å²) in [5, 5.41) is 11.6. The number of nitrogens with zero attached hydrogens (tertiary/aromatic N) is 3. The number of azo groups is 1. The molecule has 0 unspecified atom stereocenters. The number of hydrogen-bond acceptors (Lipinski definition) is 5. The number of benzene rings is 3. The molecule has 0 radical (unpaired) electrons. The number of sulfonamides is 1. The van der Waals surface area contributed by atoms with E-state index in [9.17, 15) is 13.2 Å². The van der Waals surface area contributed by atoms with Gasteiger partial charge in [0.15, 0.2) is 0 Å². The summed E-state index contributed by atoms with van der Waals surface area (Å²) in [6, 6.07) is 21.4. The predicted octanol–water partition coefficient (Wildman–Crippen LogP) is 5.55. The summed E-state index contributed by atoms with van der Waals surface area (Å²) < 4.78 is 27.3. The van der Waals surface area contributed by atoms with Gasteiger partial charge in [-0.05, 0) is 73.5 Å². The van der Waals surface area contributed by atoms with Crippen LogP contribution in [0, 0.1) is 0 Å². The molecule has 0 aliphatic carbocycles. The molecule has 3 aromatic rings. The van der Waals surface area contributed by atoms with Gasteiger partial charge in [0.25, 0.3) is 0 Å². The van der Waals surface area contributed by atoms with Crippen LogP contribution in [0.25, 0.3) is 0 Å². The van der Waals surface area contributed by atoms with E-state index in [0.717, 1.165) is 5.69 Å². The lowest BCUT2D eigenvalue weighted by atomic mass is 10.2. The van der Waals surface area contributed by atoms with E-state index < -0.39 is 16.1 Å². The Morgan fingerprint density at radius 1 is 0.906 bits per heavy atom. The number of nitrogens with one attached hydrogen (secondary N) is 1. The van der Waals surface area contributed by atoms with Crippen LogP contribution < -0.4 is 5.32 Å². The standard InChI is InChI=1S/C23H21ClN4O3S/c24-17-8-14-21(15-9-17)32(30,31)28-16-4-7-22(28)23(29)25-18-10-12-20(13-11-18)27-26-19-5-2-1-3-6-19/h1-3,5-6,8-15,22H,4,7,16H2,(H,25,29)/t22-/m0/s1. The van der Waals surface area contributed by atoms with E-state index >= 15 is 0 Å². The zero-order chi connectivity index (χ0) is 22.6. The van der Waals surface area contributed by atoms with E-state index in [-0.39, 0.29) is 10.8 Å². The number of anilines is 1. The van der Waals surface area contributed by atoms with Gasteiger partial charge in [-0.2, -0.15) is 14.5 Å². The van der Waals surface area contributed by atoms with Crippen molar-refractivity contribution < 1.29 is 13.2 Å². The van der Waals surface area contributed by atoms with Crippen LogP contribution in [-0.4, -0.2) is 31.2 Å². The van der Waals surface area contributed by atoms with Crippen LogP contribution in [0.4, 0.5) is 17.1 Å². The van der Waals surface area contributed by atoms with Crippen LogP contribution in [0.15, 0.2) is 94.0 Å². The average Bonchev–Trinajstić information content (AvgIpc) is 3.31. The largest absolute Gasteiger partial charge is 0.325 e. The zero-order valence-corrected chi connectivity index (χ0v) is 18.6. The van der Waals surface area contributed by atoms with Crippen molar-refractivity contribution in [2.45, 2.75) is 23.8 Å². The molecule has 32 heavy (non-hydrogen) atoms. The van der Waals surface area contributed by atoms with Crippen LogP contribution in [-0.2, 0) is 14.8 Å².